The van der Waals surface area contributed by atoms with Crippen LogP contribution < -0.4 is 0 Å². The molecule has 0 saturated carbocycles. The van der Waals surface area contributed by atoms with Crippen molar-refractivity contribution in [3.05, 3.63) is 224 Å². The third-order valence-corrected chi connectivity index (χ3v) is 12.6. The minimum Gasteiger partial charge on any atom is -0.435 e. The van der Waals surface area contributed by atoms with Gasteiger partial charge in [0.25, 0.3) is 0 Å². The molecule has 0 atom stereocenters. The molecule has 9 aromatic carbocycles. The summed E-state index contributed by atoms with van der Waals surface area (Å²) in [6.07, 6.45) is 0. The number of benzene rings is 9. The molecule has 304 valence electrons. The van der Waals surface area contributed by atoms with Crippen LogP contribution in [0.4, 0.5) is 0 Å². The summed E-state index contributed by atoms with van der Waals surface area (Å²) in [4.78, 5) is 16.0. The summed E-state index contributed by atoms with van der Waals surface area (Å²) >= 11 is 0. The second-order valence-electron chi connectivity index (χ2n) is 16.4. The number of hydrogen-bond acceptors (Lipinski definition) is 4. The molecular formula is C59H37N5O. The van der Waals surface area contributed by atoms with Gasteiger partial charge in [-0.15, -0.1) is 0 Å². The summed E-state index contributed by atoms with van der Waals surface area (Å²) in [6, 6.07) is 78.5. The van der Waals surface area contributed by atoms with Crippen LogP contribution in [0.5, 0.6) is 0 Å². The average molecular weight is 832 g/mol. The van der Waals surface area contributed by atoms with E-state index in [0.717, 1.165) is 77.7 Å². The maximum Gasteiger partial charge on any atom is 0.235 e. The van der Waals surface area contributed by atoms with E-state index in [2.05, 4.69) is 191 Å². The molecule has 0 spiro atoms. The molecule has 4 heterocycles. The van der Waals surface area contributed by atoms with E-state index in [-0.39, 0.29) is 0 Å². The Kier molecular flexibility index (Phi) is 8.42. The van der Waals surface area contributed by atoms with E-state index in [1.165, 1.54) is 27.5 Å². The van der Waals surface area contributed by atoms with Crippen LogP contribution in [0.3, 0.4) is 0 Å². The van der Waals surface area contributed by atoms with Gasteiger partial charge in [0.2, 0.25) is 11.8 Å². The summed E-state index contributed by atoms with van der Waals surface area (Å²) in [7, 11) is 0. The molecule has 13 rings (SSSR count). The third-order valence-electron chi connectivity index (χ3n) is 12.6. The lowest BCUT2D eigenvalue weighted by atomic mass is 10.0. The van der Waals surface area contributed by atoms with Crippen molar-refractivity contribution in [3.63, 3.8) is 0 Å². The highest BCUT2D eigenvalue weighted by Crippen LogP contribution is 2.43. The van der Waals surface area contributed by atoms with Gasteiger partial charge in [-0.2, -0.15) is 0 Å². The van der Waals surface area contributed by atoms with E-state index < -0.39 is 0 Å². The minimum absolute atomic E-state index is 0.551. The second kappa shape index (κ2) is 14.9. The van der Waals surface area contributed by atoms with Gasteiger partial charge in [0, 0.05) is 32.8 Å². The van der Waals surface area contributed by atoms with Gasteiger partial charge in [-0.1, -0.05) is 170 Å². The predicted molar refractivity (Wildman–Crippen MR) is 265 cm³/mol. The Balaban J connectivity index is 1.12. The highest BCUT2D eigenvalue weighted by Gasteiger charge is 2.25. The molecule has 4 aromatic heterocycles. The van der Waals surface area contributed by atoms with E-state index in [1.54, 1.807) is 0 Å². The van der Waals surface area contributed by atoms with Gasteiger partial charge in [0.05, 0.1) is 44.5 Å². The Morgan fingerprint density at radius 1 is 0.338 bits per heavy atom. The number of aromatic nitrogens is 5. The minimum atomic E-state index is 0.551. The fraction of sp³-hybridized carbons (Fsp3) is 0. The zero-order valence-corrected chi connectivity index (χ0v) is 35.0. The highest BCUT2D eigenvalue weighted by atomic mass is 16.3. The van der Waals surface area contributed by atoms with Crippen molar-refractivity contribution < 1.29 is 4.42 Å². The van der Waals surface area contributed by atoms with Crippen molar-refractivity contribution in [2.45, 2.75) is 0 Å². The smallest absolute Gasteiger partial charge is 0.235 e. The molecular weight excluding hydrogens is 795 g/mol. The van der Waals surface area contributed by atoms with Crippen LogP contribution >= 0.6 is 0 Å². The topological polar surface area (TPSA) is 61.7 Å². The molecule has 0 unspecified atom stereocenters. The summed E-state index contributed by atoms with van der Waals surface area (Å²) in [5.74, 6) is 1.13. The lowest BCUT2D eigenvalue weighted by Crippen LogP contribution is -2.06. The van der Waals surface area contributed by atoms with Gasteiger partial charge in [-0.25, -0.2) is 15.0 Å². The van der Waals surface area contributed by atoms with Crippen LogP contribution in [-0.4, -0.2) is 24.1 Å². The van der Waals surface area contributed by atoms with Crippen LogP contribution in [0.25, 0.3) is 123 Å². The monoisotopic (exact) mass is 831 g/mol. The van der Waals surface area contributed by atoms with Crippen molar-refractivity contribution in [2.75, 3.05) is 0 Å². The lowest BCUT2D eigenvalue weighted by molar-refractivity contribution is 0.623. The SMILES string of the molecule is c1ccc(-c2ccc(-c3cc(-c4ccccc4)nc(-n4c5ccc6nc(-c7ccccc7)oc6c5c5cccc(-n6c7ccccc7c7cc(-c8ccccc8)ccc76)c54)n3)cc2)cc1. The fourth-order valence-electron chi connectivity index (χ4n) is 9.55. The molecule has 0 amide bonds. The normalized spacial score (nSPS) is 11.7. The van der Waals surface area contributed by atoms with E-state index in [9.17, 15) is 0 Å². The second-order valence-corrected chi connectivity index (χ2v) is 16.4. The van der Waals surface area contributed by atoms with E-state index >= 15 is 0 Å². The molecule has 0 aliphatic rings. The molecule has 6 nitrogen and oxygen atoms in total. The quantitative estimate of drug-likeness (QED) is 0.160. The predicted octanol–water partition coefficient (Wildman–Crippen LogP) is 15.1. The van der Waals surface area contributed by atoms with Crippen LogP contribution in [0.15, 0.2) is 229 Å². The largest absolute Gasteiger partial charge is 0.435 e. The van der Waals surface area contributed by atoms with Crippen LogP contribution in [0.1, 0.15) is 0 Å². The Bertz CT molecular complexity index is 3910. The zero-order chi connectivity index (χ0) is 42.8. The Labute approximate surface area is 374 Å². The Morgan fingerprint density at radius 2 is 0.862 bits per heavy atom. The van der Waals surface area contributed by atoms with Gasteiger partial charge < -0.3 is 8.98 Å². The standard InChI is InChI=1S/C59H37N5O/c1-5-16-38(17-6-1)40-28-30-42(31-29-40)50-37-49(41-20-9-3-10-21-41)61-59(62-50)64-53-35-33-48-57(65-58(60-48)43-22-11-4-12-23-43)55(53)46-25-15-27-54(56(46)64)63-51-26-14-13-24-45(51)47-36-44(32-34-52(47)63)39-18-7-2-8-19-39/h1-37H. The molecule has 0 bridgehead atoms. The third kappa shape index (κ3) is 6.07. The van der Waals surface area contributed by atoms with Crippen LogP contribution in [0, 0.1) is 0 Å². The van der Waals surface area contributed by atoms with E-state index in [4.69, 9.17) is 19.4 Å². The zero-order valence-electron chi connectivity index (χ0n) is 35.0. The maximum absolute atomic E-state index is 6.81. The van der Waals surface area contributed by atoms with Gasteiger partial charge in [-0.3, -0.25) is 4.57 Å². The van der Waals surface area contributed by atoms with E-state index in [0.29, 0.717) is 17.4 Å². The molecule has 0 saturated heterocycles. The van der Waals surface area contributed by atoms with Crippen molar-refractivity contribution in [1.29, 1.82) is 0 Å². The summed E-state index contributed by atoms with van der Waals surface area (Å²) < 4.78 is 11.4. The van der Waals surface area contributed by atoms with Crippen molar-refractivity contribution >= 4 is 54.7 Å². The molecule has 0 aliphatic heterocycles. The number of nitrogens with zero attached hydrogens (tertiary/aromatic N) is 5. The van der Waals surface area contributed by atoms with E-state index in [1.807, 2.05) is 42.5 Å². The first-order chi connectivity index (χ1) is 32.2. The number of oxazole rings is 1. The summed E-state index contributed by atoms with van der Waals surface area (Å²) in [6.45, 7) is 0. The molecule has 0 aliphatic carbocycles. The van der Waals surface area contributed by atoms with Crippen molar-refractivity contribution in [2.24, 2.45) is 0 Å². The van der Waals surface area contributed by atoms with Gasteiger partial charge in [-0.05, 0) is 76.9 Å². The fourth-order valence-corrected chi connectivity index (χ4v) is 9.55. The number of rotatable bonds is 7. The van der Waals surface area contributed by atoms with Gasteiger partial charge >= 0.3 is 0 Å². The van der Waals surface area contributed by atoms with Gasteiger partial charge in [0.15, 0.2) is 5.58 Å². The first-order valence-corrected chi connectivity index (χ1v) is 21.9. The Hall–Kier alpha value is -8.87. The summed E-state index contributed by atoms with van der Waals surface area (Å²) in [5.41, 5.74) is 15.8. The maximum atomic E-state index is 6.81. The first-order valence-electron chi connectivity index (χ1n) is 21.9. The molecule has 0 radical (unpaired) electrons. The lowest BCUT2D eigenvalue weighted by Gasteiger charge is -2.15. The molecule has 0 N–H and O–H groups in total. The average Bonchev–Trinajstić information content (AvgIpc) is 4.08. The van der Waals surface area contributed by atoms with Gasteiger partial charge in [0.1, 0.15) is 5.52 Å². The number of hydrogen-bond donors (Lipinski definition) is 0. The van der Waals surface area contributed by atoms with Crippen LogP contribution in [-0.2, 0) is 0 Å². The van der Waals surface area contributed by atoms with Crippen molar-refractivity contribution in [1.82, 2.24) is 24.1 Å². The molecule has 13 aromatic rings. The summed E-state index contributed by atoms with van der Waals surface area (Å²) in [5, 5.41) is 4.31. The van der Waals surface area contributed by atoms with Crippen molar-refractivity contribution in [3.8, 4) is 67.9 Å². The molecule has 65 heavy (non-hydrogen) atoms. The molecule has 0 fully saturated rings. The number of para-hydroxylation sites is 2. The highest BCUT2D eigenvalue weighted by molar-refractivity contribution is 6.21. The first kappa shape index (κ1) is 36.8. The Morgan fingerprint density at radius 3 is 1.57 bits per heavy atom. The number of fused-ring (bicyclic) bond motifs is 8. The molecule has 6 heteroatoms. The van der Waals surface area contributed by atoms with Crippen LogP contribution in [0.2, 0.25) is 0 Å².